The number of benzene rings is 1. The third-order valence-corrected chi connectivity index (χ3v) is 2.64. The zero-order chi connectivity index (χ0) is 13.4. The molecular weight excluding hydrogens is 257 g/mol. The number of hydrogen-bond acceptors (Lipinski definition) is 7. The maximum absolute atomic E-state index is 13.9. The number of methoxy groups -OCH3 is 1. The molecule has 1 aromatic carbocycles. The summed E-state index contributed by atoms with van der Waals surface area (Å²) in [6, 6.07) is 1.19. The number of rotatable bonds is 3. The summed E-state index contributed by atoms with van der Waals surface area (Å²) in [4.78, 5) is 4.04. The van der Waals surface area contributed by atoms with Crippen LogP contribution in [0.5, 0.6) is 17.2 Å². The molecule has 2 aromatic rings. The van der Waals surface area contributed by atoms with Crippen LogP contribution in [0.15, 0.2) is 10.6 Å². The second kappa shape index (κ2) is 4.39. The minimum atomic E-state index is -0.596. The van der Waals surface area contributed by atoms with Crippen LogP contribution in [0.4, 0.5) is 4.39 Å². The summed E-state index contributed by atoms with van der Waals surface area (Å²) >= 11 is 0. The summed E-state index contributed by atoms with van der Waals surface area (Å²) in [5, 5.41) is 3.74. The predicted molar refractivity (Wildman–Crippen MR) is 60.3 cm³/mol. The van der Waals surface area contributed by atoms with Crippen molar-refractivity contribution in [3.8, 4) is 28.6 Å². The molecule has 2 heterocycles. The smallest absolute Gasteiger partial charge is 0.240 e. The van der Waals surface area contributed by atoms with Gasteiger partial charge in [0.05, 0.1) is 13.7 Å². The third-order valence-electron chi connectivity index (χ3n) is 2.64. The summed E-state index contributed by atoms with van der Waals surface area (Å²) in [7, 11) is 1.34. The molecule has 0 radical (unpaired) electrons. The van der Waals surface area contributed by atoms with E-state index in [0.29, 0.717) is 5.75 Å². The molecule has 1 aromatic heterocycles. The number of nitrogens with zero attached hydrogens (tertiary/aromatic N) is 2. The topological polar surface area (TPSA) is 92.6 Å². The van der Waals surface area contributed by atoms with Gasteiger partial charge >= 0.3 is 0 Å². The highest BCUT2D eigenvalue weighted by Crippen LogP contribution is 2.47. The highest BCUT2D eigenvalue weighted by Gasteiger charge is 2.29. The van der Waals surface area contributed by atoms with Crippen molar-refractivity contribution in [2.75, 3.05) is 13.9 Å². The standard InChI is InChI=1S/C11H10FN3O4/c1-16-9-5(12)2-6-10(18-4-17-6)8(9)11-14-7(3-13)19-15-11/h2H,3-4,13H2,1H3. The van der Waals surface area contributed by atoms with Crippen molar-refractivity contribution in [3.63, 3.8) is 0 Å². The molecule has 0 fully saturated rings. The van der Waals surface area contributed by atoms with E-state index in [1.807, 2.05) is 0 Å². The van der Waals surface area contributed by atoms with E-state index >= 15 is 0 Å². The summed E-state index contributed by atoms with van der Waals surface area (Å²) in [5.41, 5.74) is 5.65. The van der Waals surface area contributed by atoms with Crippen LogP contribution in [0.1, 0.15) is 5.89 Å². The van der Waals surface area contributed by atoms with E-state index in [2.05, 4.69) is 10.1 Å². The number of hydrogen-bond donors (Lipinski definition) is 1. The van der Waals surface area contributed by atoms with Crippen LogP contribution in [0.3, 0.4) is 0 Å². The summed E-state index contributed by atoms with van der Waals surface area (Å²) in [6.07, 6.45) is 0. The van der Waals surface area contributed by atoms with Gasteiger partial charge in [0.25, 0.3) is 0 Å². The molecule has 3 rings (SSSR count). The van der Waals surface area contributed by atoms with Crippen LogP contribution < -0.4 is 19.9 Å². The lowest BCUT2D eigenvalue weighted by molar-refractivity contribution is 0.174. The van der Waals surface area contributed by atoms with Crippen molar-refractivity contribution >= 4 is 0 Å². The van der Waals surface area contributed by atoms with E-state index in [-0.39, 0.29) is 42.1 Å². The first-order chi connectivity index (χ1) is 9.24. The Kier molecular flexibility index (Phi) is 2.71. The average molecular weight is 267 g/mol. The van der Waals surface area contributed by atoms with Crippen LogP contribution in [0.25, 0.3) is 11.4 Å². The fraction of sp³-hybridized carbons (Fsp3) is 0.273. The Morgan fingerprint density at radius 1 is 1.47 bits per heavy atom. The van der Waals surface area contributed by atoms with Crippen molar-refractivity contribution in [1.29, 1.82) is 0 Å². The molecular formula is C11H10FN3O4. The lowest BCUT2D eigenvalue weighted by atomic mass is 10.1. The summed E-state index contributed by atoms with van der Waals surface area (Å²) in [5.74, 6) is 0.331. The molecule has 100 valence electrons. The highest BCUT2D eigenvalue weighted by atomic mass is 19.1. The van der Waals surface area contributed by atoms with Crippen LogP contribution in [-0.2, 0) is 6.54 Å². The molecule has 19 heavy (non-hydrogen) atoms. The van der Waals surface area contributed by atoms with Crippen molar-refractivity contribution < 1.29 is 23.1 Å². The van der Waals surface area contributed by atoms with Gasteiger partial charge < -0.3 is 24.5 Å². The van der Waals surface area contributed by atoms with Gasteiger partial charge in [-0.05, 0) is 0 Å². The molecule has 0 saturated carbocycles. The largest absolute Gasteiger partial charge is 0.493 e. The van der Waals surface area contributed by atoms with Crippen LogP contribution in [0.2, 0.25) is 0 Å². The van der Waals surface area contributed by atoms with Gasteiger partial charge in [0, 0.05) is 6.07 Å². The predicted octanol–water partition coefficient (Wildman–Crippen LogP) is 1.07. The number of halogens is 1. The zero-order valence-corrected chi connectivity index (χ0v) is 9.97. The quantitative estimate of drug-likeness (QED) is 0.889. The Labute approximate surface area is 107 Å². The average Bonchev–Trinajstić information content (AvgIpc) is 3.05. The van der Waals surface area contributed by atoms with Gasteiger partial charge in [-0.2, -0.15) is 4.98 Å². The van der Waals surface area contributed by atoms with Crippen molar-refractivity contribution in [2.24, 2.45) is 5.73 Å². The second-order valence-corrected chi connectivity index (χ2v) is 3.72. The first kappa shape index (κ1) is 11.7. The maximum atomic E-state index is 13.9. The first-order valence-electron chi connectivity index (χ1n) is 5.43. The molecule has 0 saturated heterocycles. The van der Waals surface area contributed by atoms with Crippen LogP contribution >= 0.6 is 0 Å². The highest BCUT2D eigenvalue weighted by molar-refractivity contribution is 5.76. The second-order valence-electron chi connectivity index (χ2n) is 3.72. The zero-order valence-electron chi connectivity index (χ0n) is 9.97. The fourth-order valence-electron chi connectivity index (χ4n) is 1.84. The van der Waals surface area contributed by atoms with Crippen molar-refractivity contribution in [1.82, 2.24) is 10.1 Å². The Morgan fingerprint density at radius 2 is 2.32 bits per heavy atom. The molecule has 7 nitrogen and oxygen atoms in total. The summed E-state index contributed by atoms with van der Waals surface area (Å²) < 4.78 is 34.3. The number of ether oxygens (including phenoxy) is 3. The van der Waals surface area contributed by atoms with Gasteiger partial charge in [-0.1, -0.05) is 5.16 Å². The number of fused-ring (bicyclic) bond motifs is 1. The van der Waals surface area contributed by atoms with Crippen molar-refractivity contribution in [2.45, 2.75) is 6.54 Å². The van der Waals surface area contributed by atoms with Gasteiger partial charge in [0.1, 0.15) is 5.56 Å². The normalized spacial score (nSPS) is 12.8. The number of aromatic nitrogens is 2. The molecule has 0 aliphatic carbocycles. The van der Waals surface area contributed by atoms with Crippen LogP contribution in [-0.4, -0.2) is 24.0 Å². The van der Waals surface area contributed by atoms with E-state index in [1.54, 1.807) is 0 Å². The molecule has 0 amide bonds. The lowest BCUT2D eigenvalue weighted by Gasteiger charge is -2.09. The number of nitrogens with two attached hydrogens (primary N) is 1. The molecule has 1 aliphatic rings. The third kappa shape index (κ3) is 1.76. The van der Waals surface area contributed by atoms with Gasteiger partial charge in [-0.25, -0.2) is 4.39 Å². The Bertz CT molecular complexity index is 625. The van der Waals surface area contributed by atoms with E-state index in [9.17, 15) is 4.39 Å². The minimum Gasteiger partial charge on any atom is -0.493 e. The Hall–Kier alpha value is -2.35. The molecule has 1 aliphatic heterocycles. The molecule has 0 unspecified atom stereocenters. The van der Waals surface area contributed by atoms with Crippen LogP contribution in [0, 0.1) is 5.82 Å². The molecule has 0 spiro atoms. The first-order valence-corrected chi connectivity index (χ1v) is 5.43. The molecule has 0 bridgehead atoms. The van der Waals surface area contributed by atoms with E-state index < -0.39 is 5.82 Å². The Morgan fingerprint density at radius 3 is 3.00 bits per heavy atom. The molecule has 0 atom stereocenters. The van der Waals surface area contributed by atoms with Gasteiger partial charge in [-0.3, -0.25) is 0 Å². The minimum absolute atomic E-state index is 0.00343. The lowest BCUT2D eigenvalue weighted by Crippen LogP contribution is -1.98. The van der Waals surface area contributed by atoms with E-state index in [4.69, 9.17) is 24.5 Å². The monoisotopic (exact) mass is 267 g/mol. The van der Waals surface area contributed by atoms with E-state index in [1.165, 1.54) is 13.2 Å². The van der Waals surface area contributed by atoms with E-state index in [0.717, 1.165) is 0 Å². The summed E-state index contributed by atoms with van der Waals surface area (Å²) in [6.45, 7) is 0.0840. The maximum Gasteiger partial charge on any atom is 0.240 e. The Balaban J connectivity index is 2.23. The van der Waals surface area contributed by atoms with Crippen molar-refractivity contribution in [3.05, 3.63) is 17.8 Å². The van der Waals surface area contributed by atoms with Gasteiger partial charge in [0.2, 0.25) is 18.5 Å². The molecule has 8 heteroatoms. The molecule has 2 N–H and O–H groups in total. The fourth-order valence-corrected chi connectivity index (χ4v) is 1.84. The van der Waals surface area contributed by atoms with Gasteiger partial charge in [-0.15, -0.1) is 0 Å². The van der Waals surface area contributed by atoms with Gasteiger partial charge in [0.15, 0.2) is 23.1 Å². The SMILES string of the molecule is COc1c(F)cc2c(c1-c1noc(CN)n1)OCO2.